The Labute approximate surface area is 128 Å². The zero-order valence-electron chi connectivity index (χ0n) is 13.8. The molecule has 2 nitrogen and oxygen atoms in total. The number of hydrogen-bond acceptors (Lipinski definition) is 2. The van der Waals surface area contributed by atoms with Crippen molar-refractivity contribution < 1.29 is 8.85 Å². The van der Waals surface area contributed by atoms with Gasteiger partial charge in [0.15, 0.2) is 5.75 Å². The van der Waals surface area contributed by atoms with Gasteiger partial charge in [-0.05, 0) is 11.5 Å². The van der Waals surface area contributed by atoms with Gasteiger partial charge in [-0.25, -0.2) is 0 Å². The first-order valence-electron chi connectivity index (χ1n) is 7.55. The maximum Gasteiger partial charge on any atom is 0.471 e. The Morgan fingerprint density at radius 2 is 1.38 bits per heavy atom. The molecule has 0 fully saturated rings. The Morgan fingerprint density at radius 3 is 2.00 bits per heavy atom. The Balaban J connectivity index is 2.21. The lowest BCUT2D eigenvalue weighted by molar-refractivity contribution is 0.341. The van der Waals surface area contributed by atoms with Gasteiger partial charge in [-0.2, -0.15) is 0 Å². The van der Waals surface area contributed by atoms with Crippen LogP contribution in [-0.2, 0) is 0 Å². The van der Waals surface area contributed by atoms with E-state index < -0.39 is 8.56 Å². The highest BCUT2D eigenvalue weighted by Gasteiger charge is 2.65. The minimum Gasteiger partial charge on any atom is -0.508 e. The average molecular weight is 300 g/mol. The average Bonchev–Trinajstić information content (AvgIpc) is 2.79. The van der Waals surface area contributed by atoms with Crippen LogP contribution in [0.1, 0.15) is 41.5 Å². The van der Waals surface area contributed by atoms with Gasteiger partial charge in [0.1, 0.15) is 5.75 Å². The fourth-order valence-electron chi connectivity index (χ4n) is 3.47. The van der Waals surface area contributed by atoms with E-state index in [1.54, 1.807) is 0 Å². The monoisotopic (exact) mass is 300 g/mol. The molecule has 1 aliphatic rings. The molecule has 0 bridgehead atoms. The molecule has 2 aromatic carbocycles. The summed E-state index contributed by atoms with van der Waals surface area (Å²) in [5, 5.41) is 2.34. The molecule has 0 saturated heterocycles. The van der Waals surface area contributed by atoms with E-state index in [0.29, 0.717) is 0 Å². The van der Waals surface area contributed by atoms with Crippen LogP contribution < -0.4 is 8.85 Å². The lowest BCUT2D eigenvalue weighted by Gasteiger charge is -2.43. The van der Waals surface area contributed by atoms with E-state index in [2.05, 4.69) is 77.9 Å². The minimum atomic E-state index is -2.46. The highest BCUT2D eigenvalue weighted by atomic mass is 28.4. The summed E-state index contributed by atoms with van der Waals surface area (Å²) < 4.78 is 13.2. The van der Waals surface area contributed by atoms with Crippen molar-refractivity contribution >= 4 is 19.3 Å². The van der Waals surface area contributed by atoms with E-state index in [4.69, 9.17) is 8.85 Å². The van der Waals surface area contributed by atoms with Crippen molar-refractivity contribution in [2.75, 3.05) is 0 Å². The van der Waals surface area contributed by atoms with Crippen molar-refractivity contribution in [2.45, 2.75) is 51.6 Å². The second kappa shape index (κ2) is 4.26. The van der Waals surface area contributed by atoms with Crippen molar-refractivity contribution in [1.29, 1.82) is 0 Å². The molecule has 0 amide bonds. The highest BCUT2D eigenvalue weighted by molar-refractivity contribution is 6.75. The molecule has 0 radical (unpaired) electrons. The van der Waals surface area contributed by atoms with Crippen molar-refractivity contribution in [3.05, 3.63) is 36.4 Å². The van der Waals surface area contributed by atoms with Crippen molar-refractivity contribution in [3.8, 4) is 11.5 Å². The summed E-state index contributed by atoms with van der Waals surface area (Å²) in [6.07, 6.45) is 0. The first kappa shape index (κ1) is 14.5. The topological polar surface area (TPSA) is 18.5 Å². The van der Waals surface area contributed by atoms with Crippen LogP contribution in [0, 0.1) is 0 Å². The number of benzene rings is 2. The molecule has 2 aromatic rings. The van der Waals surface area contributed by atoms with Crippen LogP contribution in [0.25, 0.3) is 10.8 Å². The van der Waals surface area contributed by atoms with Gasteiger partial charge in [0, 0.05) is 15.5 Å². The molecule has 0 atom stereocenters. The zero-order chi connectivity index (χ0) is 15.5. The van der Waals surface area contributed by atoms with E-state index in [1.165, 1.54) is 5.39 Å². The van der Waals surface area contributed by atoms with Gasteiger partial charge in [-0.15, -0.1) is 0 Å². The molecule has 0 aromatic heterocycles. The second-order valence-corrected chi connectivity index (χ2v) is 12.6. The lowest BCUT2D eigenvalue weighted by atomic mass is 10.1. The van der Waals surface area contributed by atoms with Crippen molar-refractivity contribution in [2.24, 2.45) is 0 Å². The summed E-state index contributed by atoms with van der Waals surface area (Å²) in [6, 6.07) is 12.5. The number of fused-ring (bicyclic) bond motifs is 3. The molecule has 0 spiro atoms. The van der Waals surface area contributed by atoms with Gasteiger partial charge in [0.25, 0.3) is 0 Å². The van der Waals surface area contributed by atoms with Crippen LogP contribution in [0.2, 0.25) is 10.1 Å². The standard InChI is InChI=1S/C18H24O2Si/c1-17(2,3)21(18(4,5)6)19-15-12-11-13-9-7-8-10-14(13)16(15)20-21/h7-12H,1-6H3. The second-order valence-electron chi connectivity index (χ2n) is 7.93. The first-order chi connectivity index (χ1) is 9.66. The molecule has 1 heterocycles. The maximum absolute atomic E-state index is 6.65. The molecule has 112 valence electrons. The minimum absolute atomic E-state index is 0.00856. The normalized spacial score (nSPS) is 17.2. The van der Waals surface area contributed by atoms with Gasteiger partial charge >= 0.3 is 8.56 Å². The number of rotatable bonds is 0. The van der Waals surface area contributed by atoms with Gasteiger partial charge in [0.2, 0.25) is 0 Å². The summed E-state index contributed by atoms with van der Waals surface area (Å²) in [5.74, 6) is 1.84. The molecule has 1 aliphatic heterocycles. The fraction of sp³-hybridized carbons (Fsp3) is 0.444. The predicted octanol–water partition coefficient (Wildman–Crippen LogP) is 5.65. The van der Waals surface area contributed by atoms with Gasteiger partial charge in [-0.1, -0.05) is 71.9 Å². The highest BCUT2D eigenvalue weighted by Crippen LogP contribution is 2.58. The third-order valence-electron chi connectivity index (χ3n) is 4.32. The van der Waals surface area contributed by atoms with Crippen LogP contribution in [0.3, 0.4) is 0 Å². The van der Waals surface area contributed by atoms with Crippen LogP contribution in [0.4, 0.5) is 0 Å². The van der Waals surface area contributed by atoms with Crippen LogP contribution in [-0.4, -0.2) is 8.56 Å². The van der Waals surface area contributed by atoms with E-state index >= 15 is 0 Å². The quantitative estimate of drug-likeness (QED) is 0.585. The smallest absolute Gasteiger partial charge is 0.471 e. The van der Waals surface area contributed by atoms with Crippen LogP contribution >= 0.6 is 0 Å². The van der Waals surface area contributed by atoms with E-state index in [-0.39, 0.29) is 10.1 Å². The molecule has 0 N–H and O–H groups in total. The first-order valence-corrected chi connectivity index (χ1v) is 9.37. The molecule has 3 rings (SSSR count). The van der Waals surface area contributed by atoms with Crippen molar-refractivity contribution in [1.82, 2.24) is 0 Å². The summed E-state index contributed by atoms with van der Waals surface area (Å²) in [6.45, 7) is 13.4. The Kier molecular flexibility index (Phi) is 2.93. The SMILES string of the molecule is CC(C)(C)[Si]1(C(C)(C)C)Oc2ccc3ccccc3c2O1. The number of hydrogen-bond donors (Lipinski definition) is 0. The molecular formula is C18H24O2Si. The van der Waals surface area contributed by atoms with Crippen LogP contribution in [0.5, 0.6) is 11.5 Å². The molecule has 0 unspecified atom stereocenters. The Bertz CT molecular complexity index is 678. The summed E-state index contributed by atoms with van der Waals surface area (Å²) in [4.78, 5) is 0. The lowest BCUT2D eigenvalue weighted by Crippen LogP contribution is -2.59. The summed E-state index contributed by atoms with van der Waals surface area (Å²) >= 11 is 0. The molecule has 21 heavy (non-hydrogen) atoms. The zero-order valence-corrected chi connectivity index (χ0v) is 14.8. The van der Waals surface area contributed by atoms with E-state index in [1.807, 2.05) is 0 Å². The molecular weight excluding hydrogens is 276 g/mol. The van der Waals surface area contributed by atoms with Gasteiger partial charge < -0.3 is 8.85 Å². The van der Waals surface area contributed by atoms with Crippen LogP contribution in [0.15, 0.2) is 36.4 Å². The summed E-state index contributed by atoms with van der Waals surface area (Å²) in [7, 11) is -2.46. The van der Waals surface area contributed by atoms with Gasteiger partial charge in [-0.3, -0.25) is 0 Å². The molecule has 0 saturated carbocycles. The Hall–Kier alpha value is -1.48. The van der Waals surface area contributed by atoms with E-state index in [0.717, 1.165) is 16.9 Å². The third-order valence-corrected chi connectivity index (χ3v) is 9.27. The largest absolute Gasteiger partial charge is 0.508 e. The van der Waals surface area contributed by atoms with Gasteiger partial charge in [0.05, 0.1) is 0 Å². The predicted molar refractivity (Wildman–Crippen MR) is 90.4 cm³/mol. The third kappa shape index (κ3) is 1.98. The molecule has 3 heteroatoms. The Morgan fingerprint density at radius 1 is 0.762 bits per heavy atom. The summed E-state index contributed by atoms with van der Waals surface area (Å²) in [5.41, 5.74) is 0. The van der Waals surface area contributed by atoms with E-state index in [9.17, 15) is 0 Å². The maximum atomic E-state index is 6.65. The van der Waals surface area contributed by atoms with Crippen molar-refractivity contribution in [3.63, 3.8) is 0 Å². The molecule has 0 aliphatic carbocycles. The fourth-order valence-corrected chi connectivity index (χ4v) is 7.95.